The van der Waals surface area contributed by atoms with Crippen LogP contribution in [0.3, 0.4) is 0 Å². The first-order valence-electron chi connectivity index (χ1n) is 8.85. The number of methoxy groups -OCH3 is 1. The van der Waals surface area contributed by atoms with Crippen molar-refractivity contribution in [3.05, 3.63) is 60.3 Å². The molecule has 0 atom stereocenters. The van der Waals surface area contributed by atoms with Crippen molar-refractivity contribution in [2.24, 2.45) is 0 Å². The molecule has 4 rings (SSSR count). The number of aromatic nitrogens is 2. The standard InChI is InChI=1S/C21H22N4O2/c1-21(2,14-7-5-4-6-8-14)24-20-22-12-18-16-10-9-15(27-3)11-17(16)23-19(26)13-25(18)20/h4-12H,13H2,1-3H3,(H,22,24)(H,23,26). The fraction of sp³-hybridized carbons (Fsp3) is 0.238. The largest absolute Gasteiger partial charge is 0.497 e. The maximum absolute atomic E-state index is 12.5. The number of nitrogens with zero attached hydrogens (tertiary/aromatic N) is 2. The van der Waals surface area contributed by atoms with Gasteiger partial charge in [0.05, 0.1) is 30.2 Å². The Bertz CT molecular complexity index is 993. The van der Waals surface area contributed by atoms with Crippen LogP contribution >= 0.6 is 0 Å². The molecule has 2 aromatic carbocycles. The minimum absolute atomic E-state index is 0.0955. The molecule has 6 heteroatoms. The van der Waals surface area contributed by atoms with Crippen molar-refractivity contribution in [1.82, 2.24) is 9.55 Å². The van der Waals surface area contributed by atoms with Gasteiger partial charge in [-0.2, -0.15) is 0 Å². The average molecular weight is 362 g/mol. The Balaban J connectivity index is 1.75. The summed E-state index contributed by atoms with van der Waals surface area (Å²) in [6.07, 6.45) is 1.80. The van der Waals surface area contributed by atoms with Gasteiger partial charge in [-0.3, -0.25) is 4.79 Å². The summed E-state index contributed by atoms with van der Waals surface area (Å²) in [4.78, 5) is 17.0. The highest BCUT2D eigenvalue weighted by atomic mass is 16.5. The zero-order valence-electron chi connectivity index (χ0n) is 15.6. The number of rotatable bonds is 4. The minimum Gasteiger partial charge on any atom is -0.497 e. The van der Waals surface area contributed by atoms with Gasteiger partial charge in [-0.25, -0.2) is 4.98 Å². The fourth-order valence-electron chi connectivity index (χ4n) is 3.37. The van der Waals surface area contributed by atoms with E-state index >= 15 is 0 Å². The summed E-state index contributed by atoms with van der Waals surface area (Å²) in [6.45, 7) is 4.39. The van der Waals surface area contributed by atoms with Crippen molar-refractivity contribution in [1.29, 1.82) is 0 Å². The Hall–Kier alpha value is -3.28. The Morgan fingerprint density at radius 2 is 1.96 bits per heavy atom. The van der Waals surface area contributed by atoms with Crippen molar-refractivity contribution < 1.29 is 9.53 Å². The van der Waals surface area contributed by atoms with Gasteiger partial charge in [-0.1, -0.05) is 30.3 Å². The molecule has 2 N–H and O–H groups in total. The molecular weight excluding hydrogens is 340 g/mol. The topological polar surface area (TPSA) is 68.2 Å². The summed E-state index contributed by atoms with van der Waals surface area (Å²) < 4.78 is 7.19. The molecule has 1 aliphatic rings. The second-order valence-electron chi connectivity index (χ2n) is 7.13. The first-order valence-corrected chi connectivity index (χ1v) is 8.85. The summed E-state index contributed by atoms with van der Waals surface area (Å²) in [5, 5.41) is 6.45. The van der Waals surface area contributed by atoms with Crippen molar-refractivity contribution in [3.8, 4) is 17.0 Å². The first kappa shape index (κ1) is 17.1. The number of fused-ring (bicyclic) bond motifs is 3. The van der Waals surface area contributed by atoms with Crippen LogP contribution in [0.2, 0.25) is 0 Å². The van der Waals surface area contributed by atoms with E-state index in [9.17, 15) is 4.79 Å². The van der Waals surface area contributed by atoms with Gasteiger partial charge in [-0.05, 0) is 31.5 Å². The van der Waals surface area contributed by atoms with Crippen LogP contribution in [0.25, 0.3) is 11.3 Å². The number of hydrogen-bond acceptors (Lipinski definition) is 4. The van der Waals surface area contributed by atoms with Crippen LogP contribution in [0.5, 0.6) is 5.75 Å². The highest BCUT2D eigenvalue weighted by Crippen LogP contribution is 2.36. The molecule has 1 amide bonds. The molecule has 138 valence electrons. The predicted octanol–water partition coefficient (Wildman–Crippen LogP) is 3.86. The monoisotopic (exact) mass is 362 g/mol. The number of nitrogens with one attached hydrogen (secondary N) is 2. The van der Waals surface area contributed by atoms with Gasteiger partial charge in [0.25, 0.3) is 0 Å². The third-order valence-electron chi connectivity index (χ3n) is 4.85. The number of ether oxygens (including phenoxy) is 1. The molecule has 0 saturated carbocycles. The quantitative estimate of drug-likeness (QED) is 0.740. The molecule has 0 unspecified atom stereocenters. The lowest BCUT2D eigenvalue weighted by atomic mass is 9.95. The van der Waals surface area contributed by atoms with Crippen LogP contribution in [-0.4, -0.2) is 22.6 Å². The van der Waals surface area contributed by atoms with Crippen molar-refractivity contribution >= 4 is 17.5 Å². The molecule has 27 heavy (non-hydrogen) atoms. The van der Waals surface area contributed by atoms with E-state index in [0.717, 1.165) is 22.5 Å². The van der Waals surface area contributed by atoms with E-state index in [-0.39, 0.29) is 18.0 Å². The fourth-order valence-corrected chi connectivity index (χ4v) is 3.37. The van der Waals surface area contributed by atoms with Gasteiger partial charge in [0.15, 0.2) is 0 Å². The van der Waals surface area contributed by atoms with E-state index in [0.29, 0.717) is 11.7 Å². The number of carbonyl (C=O) groups excluding carboxylic acids is 1. The van der Waals surface area contributed by atoms with Crippen molar-refractivity contribution in [3.63, 3.8) is 0 Å². The summed E-state index contributed by atoms with van der Waals surface area (Å²) in [6, 6.07) is 15.8. The summed E-state index contributed by atoms with van der Waals surface area (Å²) in [5.41, 5.74) is 3.34. The maximum atomic E-state index is 12.5. The van der Waals surface area contributed by atoms with Crippen molar-refractivity contribution in [2.75, 3.05) is 17.7 Å². The van der Waals surface area contributed by atoms with Gasteiger partial charge >= 0.3 is 0 Å². The number of amides is 1. The van der Waals surface area contributed by atoms with Crippen molar-refractivity contribution in [2.45, 2.75) is 25.9 Å². The Morgan fingerprint density at radius 1 is 1.19 bits per heavy atom. The van der Waals surface area contributed by atoms with Crippen LogP contribution in [0, 0.1) is 0 Å². The molecular formula is C21H22N4O2. The highest BCUT2D eigenvalue weighted by Gasteiger charge is 2.26. The number of hydrogen-bond donors (Lipinski definition) is 2. The molecule has 0 aliphatic carbocycles. The van der Waals surface area contributed by atoms with Gasteiger partial charge in [0, 0.05) is 11.6 Å². The van der Waals surface area contributed by atoms with Crippen LogP contribution in [0.1, 0.15) is 19.4 Å². The zero-order valence-corrected chi connectivity index (χ0v) is 15.6. The Morgan fingerprint density at radius 3 is 2.70 bits per heavy atom. The number of imidazole rings is 1. The van der Waals surface area contributed by atoms with Gasteiger partial charge in [-0.15, -0.1) is 0 Å². The molecule has 1 aromatic heterocycles. The third-order valence-corrected chi connectivity index (χ3v) is 4.85. The van der Waals surface area contributed by atoms with Crippen LogP contribution < -0.4 is 15.4 Å². The van der Waals surface area contributed by atoms with E-state index in [4.69, 9.17) is 4.74 Å². The van der Waals surface area contributed by atoms with Gasteiger partial charge in [0.2, 0.25) is 11.9 Å². The molecule has 0 radical (unpaired) electrons. The van der Waals surface area contributed by atoms with Crippen LogP contribution in [-0.2, 0) is 16.9 Å². The lowest BCUT2D eigenvalue weighted by Crippen LogP contribution is -2.30. The van der Waals surface area contributed by atoms with E-state index in [2.05, 4.69) is 41.6 Å². The van der Waals surface area contributed by atoms with Gasteiger partial charge in [0.1, 0.15) is 12.3 Å². The molecule has 3 aromatic rings. The van der Waals surface area contributed by atoms with Crippen LogP contribution in [0.4, 0.5) is 11.6 Å². The SMILES string of the molecule is COc1ccc2c(c1)NC(=O)Cn1c-2cnc1NC(C)(C)c1ccccc1. The molecule has 0 fully saturated rings. The first-order chi connectivity index (χ1) is 13.0. The summed E-state index contributed by atoms with van der Waals surface area (Å²) >= 11 is 0. The van der Waals surface area contributed by atoms with E-state index in [1.165, 1.54) is 0 Å². The molecule has 0 spiro atoms. The molecule has 0 saturated heterocycles. The molecule has 2 heterocycles. The molecule has 1 aliphatic heterocycles. The second kappa shape index (κ2) is 6.46. The lowest BCUT2D eigenvalue weighted by Gasteiger charge is -2.28. The number of carbonyl (C=O) groups is 1. The Kier molecular flexibility index (Phi) is 4.11. The average Bonchev–Trinajstić information content (AvgIpc) is 2.96. The third kappa shape index (κ3) is 3.14. The maximum Gasteiger partial charge on any atom is 0.244 e. The number of anilines is 2. The Labute approximate surface area is 158 Å². The molecule has 6 nitrogen and oxygen atoms in total. The second-order valence-corrected chi connectivity index (χ2v) is 7.13. The van der Waals surface area contributed by atoms with E-state index in [1.807, 2.05) is 41.0 Å². The zero-order chi connectivity index (χ0) is 19.0. The number of benzene rings is 2. The molecule has 0 bridgehead atoms. The predicted molar refractivity (Wildman–Crippen MR) is 106 cm³/mol. The summed E-state index contributed by atoms with van der Waals surface area (Å²) in [7, 11) is 1.61. The van der Waals surface area contributed by atoms with E-state index < -0.39 is 0 Å². The smallest absolute Gasteiger partial charge is 0.244 e. The van der Waals surface area contributed by atoms with E-state index in [1.54, 1.807) is 13.3 Å². The summed E-state index contributed by atoms with van der Waals surface area (Å²) in [5.74, 6) is 1.27. The van der Waals surface area contributed by atoms with Gasteiger partial charge < -0.3 is 19.9 Å². The van der Waals surface area contributed by atoms with Crippen LogP contribution in [0.15, 0.2) is 54.7 Å². The highest BCUT2D eigenvalue weighted by molar-refractivity contribution is 5.98. The lowest BCUT2D eigenvalue weighted by molar-refractivity contribution is -0.116. The minimum atomic E-state index is -0.338. The normalized spacial score (nSPS) is 13.2.